The molecule has 3 fully saturated rings. The van der Waals surface area contributed by atoms with E-state index in [0.29, 0.717) is 19.3 Å². The van der Waals surface area contributed by atoms with Crippen molar-refractivity contribution in [3.05, 3.63) is 0 Å². The first-order valence-corrected chi connectivity index (χ1v) is 3.39. The molecule has 0 atom stereocenters. The fourth-order valence-electron chi connectivity index (χ4n) is 2.10. The van der Waals surface area contributed by atoms with Gasteiger partial charge in [0.25, 0.3) is 0 Å². The molecule has 0 radical (unpaired) electrons. The summed E-state index contributed by atoms with van der Waals surface area (Å²) in [6, 6.07) is 0. The van der Waals surface area contributed by atoms with Gasteiger partial charge in [-0.2, -0.15) is 0 Å². The number of alkyl halides is 1. The molecule has 10 heavy (non-hydrogen) atoms. The third-order valence-corrected chi connectivity index (χ3v) is 2.64. The van der Waals surface area contributed by atoms with E-state index in [0.717, 1.165) is 6.21 Å². The highest BCUT2D eigenvalue weighted by Gasteiger charge is 2.72. The molecule has 0 aromatic rings. The molecule has 3 heteroatoms. The van der Waals surface area contributed by atoms with Crippen LogP contribution >= 0.6 is 0 Å². The Balaban J connectivity index is 2.11. The van der Waals surface area contributed by atoms with Crippen LogP contribution in [0.2, 0.25) is 0 Å². The summed E-state index contributed by atoms with van der Waals surface area (Å²) in [5.41, 5.74) is -1.35. The van der Waals surface area contributed by atoms with Crippen LogP contribution in [0.3, 0.4) is 0 Å². The topological polar surface area (TPSA) is 42.7 Å². The second kappa shape index (κ2) is 1.31. The summed E-state index contributed by atoms with van der Waals surface area (Å²) in [7, 11) is 0. The molecule has 0 unspecified atom stereocenters. The van der Waals surface area contributed by atoms with Gasteiger partial charge in [0.15, 0.2) is 0 Å². The molecule has 0 heterocycles. The number of halogens is 1. The Labute approximate surface area is 57.9 Å². The lowest BCUT2D eigenvalue weighted by atomic mass is 9.41. The highest BCUT2D eigenvalue weighted by molar-refractivity contribution is 6.28. The first-order valence-electron chi connectivity index (χ1n) is 3.39. The molecule has 3 rings (SSSR count). The van der Waals surface area contributed by atoms with Crippen LogP contribution < -0.4 is 5.41 Å². The molecular weight excluding hydrogens is 133 g/mol. The van der Waals surface area contributed by atoms with Gasteiger partial charge in [-0.15, -0.1) is 0 Å². The van der Waals surface area contributed by atoms with Crippen molar-refractivity contribution in [2.75, 3.05) is 0 Å². The van der Waals surface area contributed by atoms with Crippen LogP contribution in [0, 0.1) is 5.41 Å². The van der Waals surface area contributed by atoms with Crippen LogP contribution in [0.25, 0.3) is 0 Å². The largest absolute Gasteiger partial charge is 0.288 e. The maximum Gasteiger partial charge on any atom is 0.224 e. The number of nitrogens with two attached hydrogens (primary N) is 1. The summed E-state index contributed by atoms with van der Waals surface area (Å²) in [4.78, 5) is 10.9. The maximum absolute atomic E-state index is 12.8. The Morgan fingerprint density at radius 2 is 2.00 bits per heavy atom. The summed E-state index contributed by atoms with van der Waals surface area (Å²) in [6.07, 6.45) is 2.30. The molecule has 0 amide bonds. The average Bonchev–Trinajstić information content (AvgIpc) is 1.77. The lowest BCUT2D eigenvalue weighted by Gasteiger charge is -2.63. The van der Waals surface area contributed by atoms with Crippen molar-refractivity contribution in [1.29, 1.82) is 0 Å². The predicted octanol–water partition coefficient (Wildman–Crippen LogP) is -0.722. The molecule has 3 aliphatic carbocycles. The number of rotatable bonds is 2. The van der Waals surface area contributed by atoms with E-state index >= 15 is 0 Å². The number of carbonyl (C=O) groups excluding carboxylic acids is 1. The first kappa shape index (κ1) is 6.01. The van der Waals surface area contributed by atoms with Crippen molar-refractivity contribution in [3.8, 4) is 0 Å². The van der Waals surface area contributed by atoms with Crippen molar-refractivity contribution in [1.82, 2.24) is 0 Å². The van der Waals surface area contributed by atoms with Gasteiger partial charge in [-0.25, -0.2) is 4.39 Å². The van der Waals surface area contributed by atoms with Gasteiger partial charge in [0.05, 0.1) is 0 Å². The molecule has 3 aliphatic rings. The van der Waals surface area contributed by atoms with Crippen LogP contribution in [0.15, 0.2) is 0 Å². The van der Waals surface area contributed by atoms with Gasteiger partial charge < -0.3 is 0 Å². The molecule has 0 spiro atoms. The minimum Gasteiger partial charge on any atom is -0.288 e. The van der Waals surface area contributed by atoms with E-state index in [1.165, 1.54) is 0 Å². The van der Waals surface area contributed by atoms with Crippen LogP contribution in [0.5, 0.6) is 0 Å². The monoisotopic (exact) mass is 142 g/mol. The maximum atomic E-state index is 12.8. The Morgan fingerprint density at radius 3 is 2.30 bits per heavy atom. The summed E-state index contributed by atoms with van der Waals surface area (Å²) < 4.78 is 12.8. The number of hydrogen-bond donors (Lipinski definition) is 1. The van der Waals surface area contributed by atoms with Gasteiger partial charge in [-0.1, -0.05) is 0 Å². The van der Waals surface area contributed by atoms with E-state index in [1.807, 2.05) is 0 Å². The number of carbonyl (C=O) groups is 1. The lowest BCUT2D eigenvalue weighted by molar-refractivity contribution is -0.209. The van der Waals surface area contributed by atoms with E-state index in [-0.39, 0.29) is 11.2 Å². The standard InChI is InChI=1S/C7H8FNO/c8-7-2-6(3-7,4-7)5(10)1-9/h1,9H,2-4H2/p+1. The van der Waals surface area contributed by atoms with Gasteiger partial charge in [-0.05, 0) is 19.3 Å². The summed E-state index contributed by atoms with van der Waals surface area (Å²) >= 11 is 0. The smallest absolute Gasteiger partial charge is 0.224 e. The van der Waals surface area contributed by atoms with Crippen molar-refractivity contribution in [2.24, 2.45) is 5.41 Å². The predicted molar refractivity (Wildman–Crippen MR) is 33.1 cm³/mol. The second-order valence-corrected chi connectivity index (χ2v) is 3.49. The highest BCUT2D eigenvalue weighted by atomic mass is 19.1. The Kier molecular flexibility index (Phi) is 0.787. The van der Waals surface area contributed by atoms with E-state index < -0.39 is 5.67 Å². The molecule has 0 aromatic carbocycles. The minimum atomic E-state index is -0.987. The average molecular weight is 142 g/mol. The zero-order valence-electron chi connectivity index (χ0n) is 5.56. The Morgan fingerprint density at radius 1 is 1.50 bits per heavy atom. The van der Waals surface area contributed by atoms with E-state index in [1.54, 1.807) is 0 Å². The van der Waals surface area contributed by atoms with E-state index in [2.05, 4.69) is 0 Å². The normalized spacial score (nSPS) is 48.9. The fraction of sp³-hybridized carbons (Fsp3) is 0.714. The molecule has 2 nitrogen and oxygen atoms in total. The van der Waals surface area contributed by atoms with E-state index in [4.69, 9.17) is 5.41 Å². The van der Waals surface area contributed by atoms with Crippen molar-refractivity contribution in [3.63, 3.8) is 0 Å². The Hall–Kier alpha value is -0.730. The Bertz CT molecular complexity index is 204. The third-order valence-electron chi connectivity index (χ3n) is 2.64. The molecule has 0 saturated heterocycles. The third kappa shape index (κ3) is 0.448. The number of ketones is 1. The van der Waals surface area contributed by atoms with Gasteiger partial charge in [0, 0.05) is 5.41 Å². The molecule has 2 bridgehead atoms. The van der Waals surface area contributed by atoms with Crippen LogP contribution in [0.1, 0.15) is 19.3 Å². The zero-order valence-corrected chi connectivity index (χ0v) is 5.56. The summed E-state index contributed by atoms with van der Waals surface area (Å²) in [5, 5.41) is 5.04. The van der Waals surface area contributed by atoms with Crippen molar-refractivity contribution in [2.45, 2.75) is 24.9 Å². The quantitative estimate of drug-likeness (QED) is 0.508. The zero-order chi connectivity index (χ0) is 7.41. The molecule has 0 aromatic heterocycles. The lowest BCUT2D eigenvalue weighted by Crippen LogP contribution is -2.69. The fourth-order valence-corrected chi connectivity index (χ4v) is 2.10. The number of hydrogen-bond acceptors (Lipinski definition) is 1. The molecular formula is C7H9FNO+. The number of Topliss-reactive ketones (excluding diaryl/α,β-unsaturated/α-hetero) is 1. The highest BCUT2D eigenvalue weighted by Crippen LogP contribution is 2.69. The van der Waals surface area contributed by atoms with Gasteiger partial charge >= 0.3 is 0 Å². The molecule has 3 saturated carbocycles. The minimum absolute atomic E-state index is 0.0768. The van der Waals surface area contributed by atoms with E-state index in [9.17, 15) is 9.18 Å². The summed E-state index contributed by atoms with van der Waals surface area (Å²) in [6.45, 7) is 0. The first-order chi connectivity index (χ1) is 4.60. The summed E-state index contributed by atoms with van der Waals surface area (Å²) in [5.74, 6) is -0.0768. The van der Waals surface area contributed by atoms with Crippen LogP contribution in [-0.4, -0.2) is 17.7 Å². The second-order valence-electron chi connectivity index (χ2n) is 3.49. The van der Waals surface area contributed by atoms with Gasteiger partial charge in [0.2, 0.25) is 12.0 Å². The van der Waals surface area contributed by atoms with Gasteiger partial charge in [-0.3, -0.25) is 10.2 Å². The SMILES string of the molecule is [NH2+]=CC(=O)C12CC(F)(C1)C2. The molecule has 54 valence electrons. The van der Waals surface area contributed by atoms with Crippen molar-refractivity contribution < 1.29 is 14.6 Å². The van der Waals surface area contributed by atoms with Crippen LogP contribution in [-0.2, 0) is 4.79 Å². The van der Waals surface area contributed by atoms with Crippen molar-refractivity contribution >= 4 is 12.0 Å². The molecule has 2 N–H and O–H groups in total. The molecule has 0 aliphatic heterocycles. The van der Waals surface area contributed by atoms with Crippen LogP contribution in [0.4, 0.5) is 4.39 Å². The van der Waals surface area contributed by atoms with Gasteiger partial charge in [0.1, 0.15) is 5.67 Å².